The zero-order valence-electron chi connectivity index (χ0n) is 13.6. The van der Waals surface area contributed by atoms with Gasteiger partial charge in [-0.1, -0.05) is 12.1 Å². The Balaban J connectivity index is 0.00000104. The molecule has 3 aromatic rings. The summed E-state index contributed by atoms with van der Waals surface area (Å²) < 4.78 is 2.11. The molecule has 0 amide bonds. The Bertz CT molecular complexity index is 844. The highest BCUT2D eigenvalue weighted by molar-refractivity contribution is 5.85. The lowest BCUT2D eigenvalue weighted by atomic mass is 10.00. The molecule has 6 heteroatoms. The summed E-state index contributed by atoms with van der Waals surface area (Å²) >= 11 is 0. The van der Waals surface area contributed by atoms with Crippen LogP contribution < -0.4 is 10.6 Å². The van der Waals surface area contributed by atoms with Crippen LogP contribution in [0, 0.1) is 6.92 Å². The van der Waals surface area contributed by atoms with Crippen molar-refractivity contribution in [2.75, 3.05) is 17.2 Å². The third-order valence-electron chi connectivity index (χ3n) is 4.38. The minimum Gasteiger partial charge on any atom is -0.398 e. The predicted octanol–water partition coefficient (Wildman–Crippen LogP) is 4.02. The number of anilines is 2. The molecule has 128 valence electrons. The van der Waals surface area contributed by atoms with Gasteiger partial charge in [-0.2, -0.15) is 0 Å². The molecular weight excluding hydrogens is 343 g/mol. The van der Waals surface area contributed by atoms with Gasteiger partial charge in [-0.25, -0.2) is 4.98 Å². The van der Waals surface area contributed by atoms with Gasteiger partial charge in [0.1, 0.15) is 5.65 Å². The van der Waals surface area contributed by atoms with E-state index in [1.807, 2.05) is 12.1 Å². The van der Waals surface area contributed by atoms with Crippen molar-refractivity contribution in [3.8, 4) is 0 Å². The van der Waals surface area contributed by atoms with Gasteiger partial charge < -0.3 is 15.0 Å². The fourth-order valence-corrected chi connectivity index (χ4v) is 3.32. The summed E-state index contributed by atoms with van der Waals surface area (Å²) in [5, 5.41) is 0. The quantitative estimate of drug-likeness (QED) is 0.698. The maximum atomic E-state index is 6.13. The molecule has 0 unspecified atom stereocenters. The van der Waals surface area contributed by atoms with Crippen LogP contribution in [0.5, 0.6) is 0 Å². The number of halogens is 2. The minimum absolute atomic E-state index is 0. The molecule has 0 bridgehead atoms. The first-order chi connectivity index (χ1) is 10.7. The Morgan fingerprint density at radius 1 is 1.12 bits per heavy atom. The normalized spacial score (nSPS) is 13.1. The Kier molecular flexibility index (Phi) is 5.62. The third-order valence-corrected chi connectivity index (χ3v) is 4.38. The molecular formula is C18H22Cl2N4. The highest BCUT2D eigenvalue weighted by Gasteiger charge is 2.19. The van der Waals surface area contributed by atoms with Crippen molar-refractivity contribution in [1.82, 2.24) is 9.38 Å². The van der Waals surface area contributed by atoms with Gasteiger partial charge in [-0.05, 0) is 49.1 Å². The number of aryl methyl sites for hydroxylation is 1. The average Bonchev–Trinajstić information content (AvgIpc) is 2.90. The van der Waals surface area contributed by atoms with Gasteiger partial charge in [-0.15, -0.1) is 24.8 Å². The SMILES string of the molecule is Cc1ccc2nc(CN3CCCc4c(N)cccc43)cn2c1.Cl.Cl. The Labute approximate surface area is 154 Å². The molecule has 0 saturated carbocycles. The van der Waals surface area contributed by atoms with Gasteiger partial charge in [0.15, 0.2) is 0 Å². The number of benzene rings is 1. The number of imidazole rings is 1. The molecule has 3 heterocycles. The monoisotopic (exact) mass is 364 g/mol. The van der Waals surface area contributed by atoms with Gasteiger partial charge in [0.05, 0.1) is 12.2 Å². The molecule has 4 nitrogen and oxygen atoms in total. The van der Waals surface area contributed by atoms with Crippen LogP contribution in [0.1, 0.15) is 23.2 Å². The summed E-state index contributed by atoms with van der Waals surface area (Å²) in [6.07, 6.45) is 6.47. The lowest BCUT2D eigenvalue weighted by Gasteiger charge is -2.31. The van der Waals surface area contributed by atoms with Crippen LogP contribution in [-0.2, 0) is 13.0 Å². The molecule has 2 N–H and O–H groups in total. The zero-order chi connectivity index (χ0) is 15.1. The summed E-state index contributed by atoms with van der Waals surface area (Å²) in [6.45, 7) is 3.99. The van der Waals surface area contributed by atoms with E-state index in [9.17, 15) is 0 Å². The lowest BCUT2D eigenvalue weighted by Crippen LogP contribution is -2.29. The zero-order valence-corrected chi connectivity index (χ0v) is 15.2. The second kappa shape index (κ2) is 7.32. The number of hydrogen-bond acceptors (Lipinski definition) is 3. The van der Waals surface area contributed by atoms with Gasteiger partial charge in [-0.3, -0.25) is 0 Å². The van der Waals surface area contributed by atoms with E-state index >= 15 is 0 Å². The Morgan fingerprint density at radius 3 is 2.79 bits per heavy atom. The fraction of sp³-hybridized carbons (Fsp3) is 0.278. The number of pyridine rings is 1. The number of aromatic nitrogens is 2. The molecule has 0 saturated heterocycles. The van der Waals surface area contributed by atoms with E-state index < -0.39 is 0 Å². The standard InChI is InChI=1S/C18H20N4.2ClH/c1-13-7-8-18-20-14(12-22(18)10-13)11-21-9-3-4-15-16(19)5-2-6-17(15)21;;/h2,5-8,10,12H,3-4,9,11,19H2,1H3;2*1H. The van der Waals surface area contributed by atoms with Crippen molar-refractivity contribution in [3.05, 3.63) is 59.5 Å². The summed E-state index contributed by atoms with van der Waals surface area (Å²) in [6, 6.07) is 10.4. The number of nitrogens with zero attached hydrogens (tertiary/aromatic N) is 3. The molecule has 2 aromatic heterocycles. The number of hydrogen-bond donors (Lipinski definition) is 1. The van der Waals surface area contributed by atoms with Crippen LogP contribution in [0.3, 0.4) is 0 Å². The third kappa shape index (κ3) is 3.30. The van der Waals surface area contributed by atoms with Gasteiger partial charge in [0.25, 0.3) is 0 Å². The van der Waals surface area contributed by atoms with E-state index in [1.54, 1.807) is 0 Å². The van der Waals surface area contributed by atoms with Crippen LogP contribution in [0.15, 0.2) is 42.7 Å². The first-order valence-electron chi connectivity index (χ1n) is 7.77. The first kappa shape index (κ1) is 18.4. The lowest BCUT2D eigenvalue weighted by molar-refractivity contribution is 0.687. The summed E-state index contributed by atoms with van der Waals surface area (Å²) in [7, 11) is 0. The second-order valence-corrected chi connectivity index (χ2v) is 6.07. The molecule has 4 rings (SSSR count). The van der Waals surface area contributed by atoms with Crippen molar-refractivity contribution in [1.29, 1.82) is 0 Å². The van der Waals surface area contributed by atoms with Crippen LogP contribution in [0.4, 0.5) is 11.4 Å². The fourth-order valence-electron chi connectivity index (χ4n) is 3.32. The number of nitrogens with two attached hydrogens (primary N) is 1. The largest absolute Gasteiger partial charge is 0.398 e. The molecule has 1 aromatic carbocycles. The van der Waals surface area contributed by atoms with E-state index in [4.69, 9.17) is 10.7 Å². The molecule has 0 radical (unpaired) electrons. The molecule has 0 atom stereocenters. The Morgan fingerprint density at radius 2 is 1.96 bits per heavy atom. The van der Waals surface area contributed by atoms with Crippen LogP contribution in [0.25, 0.3) is 5.65 Å². The van der Waals surface area contributed by atoms with Gasteiger partial charge >= 0.3 is 0 Å². The van der Waals surface area contributed by atoms with Crippen molar-refractivity contribution in [2.24, 2.45) is 0 Å². The van der Waals surface area contributed by atoms with Gasteiger partial charge in [0.2, 0.25) is 0 Å². The molecule has 24 heavy (non-hydrogen) atoms. The molecule has 0 fully saturated rings. The van der Waals surface area contributed by atoms with Crippen molar-refractivity contribution in [2.45, 2.75) is 26.3 Å². The highest BCUT2D eigenvalue weighted by Crippen LogP contribution is 2.32. The number of fused-ring (bicyclic) bond motifs is 2. The molecule has 0 spiro atoms. The maximum Gasteiger partial charge on any atom is 0.137 e. The maximum absolute atomic E-state index is 6.13. The number of rotatable bonds is 2. The van der Waals surface area contributed by atoms with Crippen molar-refractivity contribution >= 4 is 41.8 Å². The molecule has 1 aliphatic rings. The average molecular weight is 365 g/mol. The summed E-state index contributed by atoms with van der Waals surface area (Å²) in [5.74, 6) is 0. The van der Waals surface area contributed by atoms with E-state index in [2.05, 4.69) is 46.8 Å². The Hall–Kier alpha value is -1.91. The van der Waals surface area contributed by atoms with E-state index in [1.165, 1.54) is 16.8 Å². The van der Waals surface area contributed by atoms with Crippen molar-refractivity contribution < 1.29 is 0 Å². The smallest absolute Gasteiger partial charge is 0.137 e. The van der Waals surface area contributed by atoms with E-state index in [-0.39, 0.29) is 24.8 Å². The highest BCUT2D eigenvalue weighted by atomic mass is 35.5. The van der Waals surface area contributed by atoms with Crippen LogP contribution >= 0.6 is 24.8 Å². The topological polar surface area (TPSA) is 46.6 Å². The summed E-state index contributed by atoms with van der Waals surface area (Å²) in [5.41, 5.74) is 12.9. The van der Waals surface area contributed by atoms with Gasteiger partial charge in [0, 0.05) is 30.3 Å². The minimum atomic E-state index is 0. The summed E-state index contributed by atoms with van der Waals surface area (Å²) in [4.78, 5) is 7.13. The predicted molar refractivity (Wildman–Crippen MR) is 105 cm³/mol. The molecule has 1 aliphatic heterocycles. The number of nitrogen functional groups attached to an aromatic ring is 1. The van der Waals surface area contributed by atoms with E-state index in [0.29, 0.717) is 0 Å². The first-order valence-corrected chi connectivity index (χ1v) is 7.77. The molecule has 0 aliphatic carbocycles. The van der Waals surface area contributed by atoms with E-state index in [0.717, 1.165) is 43.0 Å². The van der Waals surface area contributed by atoms with Crippen molar-refractivity contribution in [3.63, 3.8) is 0 Å². The van der Waals surface area contributed by atoms with Crippen LogP contribution in [-0.4, -0.2) is 15.9 Å². The van der Waals surface area contributed by atoms with Crippen LogP contribution in [0.2, 0.25) is 0 Å². The second-order valence-electron chi connectivity index (χ2n) is 6.07.